The summed E-state index contributed by atoms with van der Waals surface area (Å²) in [5.41, 5.74) is 1.38. The van der Waals surface area contributed by atoms with E-state index in [-0.39, 0.29) is 5.54 Å². The number of carbonyl (C=O) groups is 1. The maximum Gasteiger partial charge on any atom is 0.224 e. The zero-order chi connectivity index (χ0) is 12.6. The van der Waals surface area contributed by atoms with Crippen molar-refractivity contribution in [3.63, 3.8) is 0 Å². The first-order valence-electron chi connectivity index (χ1n) is 6.78. The van der Waals surface area contributed by atoms with Crippen LogP contribution in [0.1, 0.15) is 37.8 Å². The molecule has 2 heterocycles. The lowest BCUT2D eigenvalue weighted by Crippen LogP contribution is -2.63. The number of hydrogen-bond acceptors (Lipinski definition) is 2. The summed E-state index contributed by atoms with van der Waals surface area (Å²) in [5, 5.41) is 3.60. The molecule has 0 saturated carbocycles. The number of benzene rings is 1. The normalized spacial score (nSPS) is 32.2. The van der Waals surface area contributed by atoms with Crippen LogP contribution in [0.3, 0.4) is 0 Å². The van der Waals surface area contributed by atoms with E-state index < -0.39 is 0 Å². The van der Waals surface area contributed by atoms with Crippen LogP contribution in [-0.2, 0) is 4.79 Å². The lowest BCUT2D eigenvalue weighted by atomic mass is 9.83. The molecule has 1 aromatic carbocycles. The van der Waals surface area contributed by atoms with Gasteiger partial charge in [0.1, 0.15) is 0 Å². The van der Waals surface area contributed by atoms with Crippen LogP contribution < -0.4 is 5.32 Å². The fraction of sp³-hybridized carbons (Fsp3) is 0.533. The van der Waals surface area contributed by atoms with Crippen LogP contribution >= 0.6 is 0 Å². The minimum Gasteiger partial charge on any atom is -0.335 e. The summed E-state index contributed by atoms with van der Waals surface area (Å²) in [7, 11) is 0. The molecule has 18 heavy (non-hydrogen) atoms. The Labute approximate surface area is 108 Å². The second-order valence-corrected chi connectivity index (χ2v) is 5.68. The number of rotatable bonds is 2. The number of amides is 1. The van der Waals surface area contributed by atoms with Gasteiger partial charge < -0.3 is 10.2 Å². The monoisotopic (exact) mass is 244 g/mol. The first-order chi connectivity index (χ1) is 8.69. The van der Waals surface area contributed by atoms with Crippen molar-refractivity contribution in [2.45, 2.75) is 37.8 Å². The van der Waals surface area contributed by atoms with Crippen molar-refractivity contribution in [2.75, 3.05) is 13.1 Å². The second kappa shape index (κ2) is 4.39. The van der Waals surface area contributed by atoms with Crippen LogP contribution in [0.25, 0.3) is 0 Å². The maximum atomic E-state index is 11.6. The number of β-lactam (4-membered cyclic amide) rings is 1. The van der Waals surface area contributed by atoms with Crippen LogP contribution in [0.4, 0.5) is 0 Å². The van der Waals surface area contributed by atoms with Crippen LogP contribution in [0.15, 0.2) is 30.3 Å². The summed E-state index contributed by atoms with van der Waals surface area (Å²) in [6.45, 7) is 4.05. The summed E-state index contributed by atoms with van der Waals surface area (Å²) in [5.74, 6) is 0.317. The van der Waals surface area contributed by atoms with E-state index in [1.165, 1.54) is 5.56 Å². The Hall–Kier alpha value is -1.35. The van der Waals surface area contributed by atoms with Crippen molar-refractivity contribution in [3.8, 4) is 0 Å². The van der Waals surface area contributed by atoms with Gasteiger partial charge in [0, 0.05) is 25.6 Å². The number of likely N-dealkylation sites (tertiary alicyclic amines) is 1. The molecule has 0 radical (unpaired) electrons. The number of nitrogens with one attached hydrogen (secondary N) is 1. The summed E-state index contributed by atoms with van der Waals surface area (Å²) in [6.07, 6.45) is 2.92. The molecule has 0 spiro atoms. The third-order valence-electron chi connectivity index (χ3n) is 4.40. The fourth-order valence-corrected chi connectivity index (χ4v) is 3.07. The van der Waals surface area contributed by atoms with Crippen LogP contribution in [-0.4, -0.2) is 29.4 Å². The fourth-order valence-electron chi connectivity index (χ4n) is 3.07. The van der Waals surface area contributed by atoms with Crippen molar-refractivity contribution in [2.24, 2.45) is 0 Å². The Balaban J connectivity index is 1.66. The van der Waals surface area contributed by atoms with Crippen molar-refractivity contribution < 1.29 is 4.79 Å². The van der Waals surface area contributed by atoms with Crippen LogP contribution in [0.2, 0.25) is 0 Å². The standard InChI is InChI=1S/C15H20N2O/c1-15(17-10-8-14(17)18)9-7-13(16-11-15)12-5-3-2-4-6-12/h2-6,13,16H,7-11H2,1H3/t13-,15-/m0/s1. The molecule has 0 bridgehead atoms. The average molecular weight is 244 g/mol. The van der Waals surface area contributed by atoms with Gasteiger partial charge in [-0.25, -0.2) is 0 Å². The summed E-state index contributed by atoms with van der Waals surface area (Å²) >= 11 is 0. The molecule has 0 aromatic heterocycles. The molecular formula is C15H20N2O. The third kappa shape index (κ3) is 1.93. The molecule has 2 fully saturated rings. The highest BCUT2D eigenvalue weighted by Crippen LogP contribution is 2.34. The SMILES string of the molecule is C[C@]1(N2CCC2=O)CC[C@@H](c2ccccc2)NC1. The first-order valence-corrected chi connectivity index (χ1v) is 6.78. The van der Waals surface area contributed by atoms with Crippen molar-refractivity contribution in [1.29, 1.82) is 0 Å². The zero-order valence-corrected chi connectivity index (χ0v) is 10.9. The summed E-state index contributed by atoms with van der Waals surface area (Å²) in [6, 6.07) is 11.0. The van der Waals surface area contributed by atoms with Gasteiger partial charge in [-0.2, -0.15) is 0 Å². The van der Waals surface area contributed by atoms with E-state index >= 15 is 0 Å². The molecule has 3 nitrogen and oxygen atoms in total. The van der Waals surface area contributed by atoms with Gasteiger partial charge in [0.15, 0.2) is 0 Å². The molecule has 1 N–H and O–H groups in total. The maximum absolute atomic E-state index is 11.6. The predicted molar refractivity (Wildman–Crippen MR) is 71.2 cm³/mol. The van der Waals surface area contributed by atoms with Crippen molar-refractivity contribution in [3.05, 3.63) is 35.9 Å². The topological polar surface area (TPSA) is 32.3 Å². The van der Waals surface area contributed by atoms with E-state index in [0.717, 1.165) is 32.4 Å². The number of piperidine rings is 1. The van der Waals surface area contributed by atoms with E-state index in [0.29, 0.717) is 11.9 Å². The lowest BCUT2D eigenvalue weighted by molar-refractivity contribution is -0.149. The Morgan fingerprint density at radius 2 is 2.11 bits per heavy atom. The molecule has 2 saturated heterocycles. The largest absolute Gasteiger partial charge is 0.335 e. The van der Waals surface area contributed by atoms with Gasteiger partial charge in [-0.3, -0.25) is 4.79 Å². The van der Waals surface area contributed by atoms with Gasteiger partial charge >= 0.3 is 0 Å². The molecule has 0 unspecified atom stereocenters. The van der Waals surface area contributed by atoms with Gasteiger partial charge in [-0.15, -0.1) is 0 Å². The second-order valence-electron chi connectivity index (χ2n) is 5.68. The minimum atomic E-state index is 0.0284. The molecule has 0 aliphatic carbocycles. The van der Waals surface area contributed by atoms with Crippen molar-refractivity contribution >= 4 is 5.91 Å². The summed E-state index contributed by atoms with van der Waals surface area (Å²) < 4.78 is 0. The van der Waals surface area contributed by atoms with E-state index in [1.54, 1.807) is 0 Å². The molecule has 96 valence electrons. The van der Waals surface area contributed by atoms with Gasteiger partial charge in [-0.1, -0.05) is 30.3 Å². The third-order valence-corrected chi connectivity index (χ3v) is 4.40. The van der Waals surface area contributed by atoms with Crippen molar-refractivity contribution in [1.82, 2.24) is 10.2 Å². The number of hydrogen-bond donors (Lipinski definition) is 1. The van der Waals surface area contributed by atoms with E-state index in [2.05, 4.69) is 42.6 Å². The zero-order valence-electron chi connectivity index (χ0n) is 10.9. The molecule has 2 aliphatic heterocycles. The average Bonchev–Trinajstić information content (AvgIpc) is 2.38. The Morgan fingerprint density at radius 1 is 1.33 bits per heavy atom. The number of nitrogens with zero attached hydrogens (tertiary/aromatic N) is 1. The minimum absolute atomic E-state index is 0.0284. The highest BCUT2D eigenvalue weighted by Gasteiger charge is 2.42. The first kappa shape index (κ1) is 11.7. The highest BCUT2D eigenvalue weighted by atomic mass is 16.2. The molecular weight excluding hydrogens is 224 g/mol. The lowest BCUT2D eigenvalue weighted by Gasteiger charge is -2.50. The van der Waals surface area contributed by atoms with Gasteiger partial charge in [0.25, 0.3) is 0 Å². The highest BCUT2D eigenvalue weighted by molar-refractivity contribution is 5.82. The summed E-state index contributed by atoms with van der Waals surface area (Å²) in [4.78, 5) is 13.6. The van der Waals surface area contributed by atoms with Gasteiger partial charge in [0.2, 0.25) is 5.91 Å². The quantitative estimate of drug-likeness (QED) is 0.808. The molecule has 2 atom stereocenters. The number of carbonyl (C=O) groups excluding carboxylic acids is 1. The Kier molecular flexibility index (Phi) is 2.86. The Morgan fingerprint density at radius 3 is 2.61 bits per heavy atom. The Bertz CT molecular complexity index is 435. The van der Waals surface area contributed by atoms with E-state index in [1.807, 2.05) is 4.90 Å². The molecule has 3 heteroatoms. The molecule has 1 amide bonds. The van der Waals surface area contributed by atoms with Gasteiger partial charge in [0.05, 0.1) is 5.54 Å². The van der Waals surface area contributed by atoms with E-state index in [4.69, 9.17) is 0 Å². The molecule has 3 rings (SSSR count). The smallest absolute Gasteiger partial charge is 0.224 e. The van der Waals surface area contributed by atoms with E-state index in [9.17, 15) is 4.79 Å². The van der Waals surface area contributed by atoms with Gasteiger partial charge in [-0.05, 0) is 25.3 Å². The van der Waals surface area contributed by atoms with Crippen LogP contribution in [0.5, 0.6) is 0 Å². The molecule has 1 aromatic rings. The van der Waals surface area contributed by atoms with Crippen LogP contribution in [0, 0.1) is 0 Å². The predicted octanol–water partition coefficient (Wildman–Crippen LogP) is 2.10. The molecule has 2 aliphatic rings.